The van der Waals surface area contributed by atoms with E-state index in [1.807, 2.05) is 17.4 Å². The Hall–Kier alpha value is -6.68. The van der Waals surface area contributed by atoms with Gasteiger partial charge in [-0.3, -0.25) is 0 Å². The molecule has 0 fully saturated rings. The monoisotopic (exact) mass is 693 g/mol. The first-order chi connectivity index (χ1) is 26.3. The van der Waals surface area contributed by atoms with Crippen LogP contribution in [0.5, 0.6) is 0 Å². The third-order valence-electron chi connectivity index (χ3n) is 10.6. The van der Waals surface area contributed by atoms with Gasteiger partial charge in [0.1, 0.15) is 11.2 Å². The van der Waals surface area contributed by atoms with Crippen LogP contribution in [0.15, 0.2) is 192 Å². The quantitative estimate of drug-likeness (QED) is 0.167. The first kappa shape index (κ1) is 30.0. The number of fused-ring (bicyclic) bond motifs is 9. The molecule has 0 amide bonds. The average Bonchev–Trinajstić information content (AvgIpc) is 3.80. The number of furan rings is 1. The molecule has 0 N–H and O–H groups in total. The molecule has 248 valence electrons. The number of hydrogen-bond donors (Lipinski definition) is 0. The van der Waals surface area contributed by atoms with Gasteiger partial charge in [0.2, 0.25) is 0 Å². The molecule has 0 saturated heterocycles. The topological polar surface area (TPSA) is 16.4 Å². The summed E-state index contributed by atoms with van der Waals surface area (Å²) < 4.78 is 9.10. The smallest absolute Gasteiger partial charge is 0.137 e. The van der Waals surface area contributed by atoms with E-state index in [1.165, 1.54) is 64.0 Å². The number of rotatable bonds is 5. The molecule has 0 aliphatic carbocycles. The van der Waals surface area contributed by atoms with Crippen LogP contribution in [0.2, 0.25) is 0 Å². The Morgan fingerprint density at radius 3 is 1.96 bits per heavy atom. The third-order valence-corrected chi connectivity index (χ3v) is 11.9. The van der Waals surface area contributed by atoms with Crippen LogP contribution in [-0.4, -0.2) is 0 Å². The van der Waals surface area contributed by atoms with E-state index in [9.17, 15) is 0 Å². The van der Waals surface area contributed by atoms with Gasteiger partial charge in [0.05, 0.1) is 16.8 Å². The maximum atomic E-state index is 6.49. The fraction of sp³-hybridized carbons (Fsp3) is 0. The fourth-order valence-corrected chi connectivity index (χ4v) is 9.52. The lowest BCUT2D eigenvalue weighted by atomic mass is 9.92. The molecule has 2 aromatic heterocycles. The van der Waals surface area contributed by atoms with Crippen molar-refractivity contribution in [2.45, 2.75) is 0 Å². The van der Waals surface area contributed by atoms with E-state index in [4.69, 9.17) is 4.42 Å². The second-order valence-corrected chi connectivity index (χ2v) is 14.7. The normalized spacial score (nSPS) is 11.8. The van der Waals surface area contributed by atoms with E-state index in [0.29, 0.717) is 0 Å². The van der Waals surface area contributed by atoms with Crippen LogP contribution in [0.25, 0.3) is 85.9 Å². The van der Waals surface area contributed by atoms with E-state index in [0.717, 1.165) is 39.0 Å². The lowest BCUT2D eigenvalue weighted by Crippen LogP contribution is -2.11. The molecule has 0 aliphatic rings. The Morgan fingerprint density at radius 1 is 0.396 bits per heavy atom. The van der Waals surface area contributed by atoms with Crippen LogP contribution in [0.4, 0.5) is 17.1 Å². The van der Waals surface area contributed by atoms with Crippen LogP contribution in [0.1, 0.15) is 0 Å². The van der Waals surface area contributed by atoms with Crippen LogP contribution in [0.3, 0.4) is 0 Å². The summed E-state index contributed by atoms with van der Waals surface area (Å²) in [5.41, 5.74) is 9.86. The number of nitrogens with zero attached hydrogens (tertiary/aromatic N) is 1. The fourth-order valence-electron chi connectivity index (χ4n) is 8.29. The summed E-state index contributed by atoms with van der Waals surface area (Å²) in [5, 5.41) is 9.66. The zero-order valence-electron chi connectivity index (χ0n) is 28.7. The standard InChI is InChI=1S/C50H31NOS/c1-2-14-32(15-3-1)36-29-28-34(31-43(36)41-23-12-22-40-39-20-9-11-27-48(39)53-50(40)41)51(44-24-13-26-47-49(44)42-21-8-10-25-46(42)52-47)45-30-33-16-4-5-17-35(33)37-18-6-7-19-38(37)45/h1-31H. The van der Waals surface area contributed by atoms with E-state index >= 15 is 0 Å². The van der Waals surface area contributed by atoms with E-state index in [-0.39, 0.29) is 0 Å². The number of benzene rings is 9. The second-order valence-electron chi connectivity index (χ2n) is 13.6. The maximum absolute atomic E-state index is 6.49. The van der Waals surface area contributed by atoms with Crippen LogP contribution in [-0.2, 0) is 0 Å². The summed E-state index contributed by atoms with van der Waals surface area (Å²) >= 11 is 1.88. The van der Waals surface area contributed by atoms with Gasteiger partial charge in [-0.05, 0) is 75.3 Å². The highest BCUT2D eigenvalue weighted by atomic mass is 32.1. The van der Waals surface area contributed by atoms with Gasteiger partial charge in [0.25, 0.3) is 0 Å². The van der Waals surface area contributed by atoms with Crippen molar-refractivity contribution in [3.63, 3.8) is 0 Å². The van der Waals surface area contributed by atoms with Gasteiger partial charge in [-0.2, -0.15) is 0 Å². The molecule has 0 aliphatic heterocycles. The van der Waals surface area contributed by atoms with Crippen LogP contribution in [0, 0.1) is 0 Å². The van der Waals surface area contributed by atoms with Gasteiger partial charge >= 0.3 is 0 Å². The minimum Gasteiger partial charge on any atom is -0.456 e. The molecule has 3 heteroatoms. The SMILES string of the molecule is c1ccc(-c2ccc(N(c3cc4ccccc4c4ccccc34)c3cccc4oc5ccccc5c34)cc2-c2cccc3c2sc2ccccc23)cc1. The molecular formula is C50H31NOS. The Kier molecular flexibility index (Phi) is 6.76. The highest BCUT2D eigenvalue weighted by molar-refractivity contribution is 7.26. The van der Waals surface area contributed by atoms with Crippen molar-refractivity contribution >= 4 is 92.1 Å². The Bertz CT molecular complexity index is 3190. The van der Waals surface area contributed by atoms with Crippen molar-refractivity contribution in [2.24, 2.45) is 0 Å². The predicted molar refractivity (Wildman–Crippen MR) is 227 cm³/mol. The minimum atomic E-state index is 0.870. The molecule has 0 spiro atoms. The summed E-state index contributed by atoms with van der Waals surface area (Å²) in [5.74, 6) is 0. The molecule has 2 nitrogen and oxygen atoms in total. The Morgan fingerprint density at radius 2 is 1.08 bits per heavy atom. The number of para-hydroxylation sites is 1. The summed E-state index contributed by atoms with van der Waals surface area (Å²) in [6.45, 7) is 0. The lowest BCUT2D eigenvalue weighted by Gasteiger charge is -2.29. The van der Waals surface area contributed by atoms with Gasteiger partial charge in [0, 0.05) is 42.2 Å². The van der Waals surface area contributed by atoms with Crippen LogP contribution >= 0.6 is 11.3 Å². The highest BCUT2D eigenvalue weighted by Gasteiger charge is 2.24. The highest BCUT2D eigenvalue weighted by Crippen LogP contribution is 2.49. The van der Waals surface area contributed by atoms with Gasteiger partial charge < -0.3 is 9.32 Å². The molecule has 11 aromatic rings. The average molecular weight is 694 g/mol. The summed E-state index contributed by atoms with van der Waals surface area (Å²) in [6, 6.07) is 68.1. The van der Waals surface area contributed by atoms with Crippen molar-refractivity contribution < 1.29 is 4.42 Å². The second kappa shape index (κ2) is 11.9. The van der Waals surface area contributed by atoms with Crippen molar-refractivity contribution in [1.29, 1.82) is 0 Å². The van der Waals surface area contributed by atoms with Gasteiger partial charge in [-0.25, -0.2) is 0 Å². The molecule has 0 bridgehead atoms. The minimum absolute atomic E-state index is 0.870. The molecule has 9 aromatic carbocycles. The Balaban J connectivity index is 1.26. The van der Waals surface area contributed by atoms with Crippen molar-refractivity contribution in [3.05, 3.63) is 188 Å². The van der Waals surface area contributed by atoms with Gasteiger partial charge in [0.15, 0.2) is 0 Å². The number of thiophene rings is 1. The maximum Gasteiger partial charge on any atom is 0.137 e. The van der Waals surface area contributed by atoms with E-state index < -0.39 is 0 Å². The van der Waals surface area contributed by atoms with Crippen molar-refractivity contribution in [2.75, 3.05) is 4.90 Å². The Labute approximate surface area is 310 Å². The molecule has 0 radical (unpaired) electrons. The summed E-state index contributed by atoms with van der Waals surface area (Å²) in [6.07, 6.45) is 0. The molecule has 0 saturated carbocycles. The molecule has 2 heterocycles. The number of hydrogen-bond acceptors (Lipinski definition) is 3. The van der Waals surface area contributed by atoms with Gasteiger partial charge in [-0.1, -0.05) is 146 Å². The van der Waals surface area contributed by atoms with Gasteiger partial charge in [-0.15, -0.1) is 11.3 Å². The zero-order valence-corrected chi connectivity index (χ0v) is 29.5. The summed E-state index contributed by atoms with van der Waals surface area (Å²) in [4.78, 5) is 2.46. The van der Waals surface area contributed by atoms with Crippen LogP contribution < -0.4 is 4.90 Å². The first-order valence-corrected chi connectivity index (χ1v) is 18.8. The first-order valence-electron chi connectivity index (χ1n) is 18.0. The van der Waals surface area contributed by atoms with Crippen molar-refractivity contribution in [3.8, 4) is 22.3 Å². The predicted octanol–water partition coefficient (Wildman–Crippen LogP) is 15.1. The zero-order chi connectivity index (χ0) is 34.9. The lowest BCUT2D eigenvalue weighted by molar-refractivity contribution is 0.669. The molecule has 0 unspecified atom stereocenters. The van der Waals surface area contributed by atoms with E-state index in [2.05, 4.69) is 187 Å². The van der Waals surface area contributed by atoms with E-state index in [1.54, 1.807) is 0 Å². The van der Waals surface area contributed by atoms with Crippen molar-refractivity contribution in [1.82, 2.24) is 0 Å². The molecule has 53 heavy (non-hydrogen) atoms. The largest absolute Gasteiger partial charge is 0.456 e. The summed E-state index contributed by atoms with van der Waals surface area (Å²) in [7, 11) is 0. The third kappa shape index (κ3) is 4.71. The molecular weight excluding hydrogens is 663 g/mol. The molecule has 11 rings (SSSR count). The number of anilines is 3. The molecule has 0 atom stereocenters.